The van der Waals surface area contributed by atoms with Gasteiger partial charge in [0.2, 0.25) is 10.0 Å². The molecule has 0 bridgehead atoms. The van der Waals surface area contributed by atoms with Crippen molar-refractivity contribution in [2.24, 2.45) is 0 Å². The lowest BCUT2D eigenvalue weighted by Gasteiger charge is -2.29. The highest BCUT2D eigenvalue weighted by Crippen LogP contribution is 2.19. The van der Waals surface area contributed by atoms with Crippen LogP contribution in [0.4, 0.5) is 5.69 Å². The molecular weight excluding hydrogens is 326 g/mol. The van der Waals surface area contributed by atoms with E-state index in [1.54, 1.807) is 38.1 Å². The van der Waals surface area contributed by atoms with Crippen molar-refractivity contribution in [3.8, 4) is 0 Å². The van der Waals surface area contributed by atoms with Gasteiger partial charge in [0.05, 0.1) is 11.4 Å². The number of hydrogen-bond donors (Lipinski definition) is 1. The van der Waals surface area contributed by atoms with Crippen molar-refractivity contribution in [1.29, 1.82) is 0 Å². The Morgan fingerprint density at radius 1 is 1.21 bits per heavy atom. The lowest BCUT2D eigenvalue weighted by molar-refractivity contribution is 0.0917. The maximum Gasteiger partial charge on any atom is 0.251 e. The predicted molar refractivity (Wildman–Crippen MR) is 96.9 cm³/mol. The number of carbonyl (C=O) groups excluding carboxylic acids is 1. The van der Waals surface area contributed by atoms with Crippen LogP contribution in [0, 0.1) is 0 Å². The summed E-state index contributed by atoms with van der Waals surface area (Å²) in [6.07, 6.45) is 1.91. The Morgan fingerprint density at radius 2 is 1.79 bits per heavy atom. The molecule has 0 radical (unpaired) electrons. The molecule has 0 aromatic heterocycles. The number of sulfonamides is 1. The smallest absolute Gasteiger partial charge is 0.251 e. The van der Waals surface area contributed by atoms with Crippen LogP contribution in [0.25, 0.3) is 0 Å². The van der Waals surface area contributed by atoms with E-state index >= 15 is 0 Å². The average molecular weight is 353 g/mol. The van der Waals surface area contributed by atoms with Gasteiger partial charge in [-0.15, -0.1) is 0 Å². The lowest BCUT2D eigenvalue weighted by Crippen LogP contribution is -2.43. The van der Waals surface area contributed by atoms with E-state index in [9.17, 15) is 13.2 Å². The second-order valence-electron chi connectivity index (χ2n) is 6.16. The van der Waals surface area contributed by atoms with Gasteiger partial charge < -0.3 is 10.2 Å². The highest BCUT2D eigenvalue weighted by Gasteiger charge is 2.21. The van der Waals surface area contributed by atoms with Crippen molar-refractivity contribution in [2.45, 2.75) is 32.7 Å². The molecule has 0 atom stereocenters. The van der Waals surface area contributed by atoms with Crippen molar-refractivity contribution in [1.82, 2.24) is 10.2 Å². The molecule has 0 spiro atoms. The van der Waals surface area contributed by atoms with Crippen molar-refractivity contribution < 1.29 is 13.2 Å². The molecule has 24 heavy (non-hydrogen) atoms. The second-order valence-corrected chi connectivity index (χ2v) is 8.35. The molecule has 2 rings (SSSR count). The number of nitrogens with one attached hydrogen (secondary N) is 1. The largest absolute Gasteiger partial charge is 0.349 e. The van der Waals surface area contributed by atoms with E-state index in [1.165, 1.54) is 4.31 Å². The van der Waals surface area contributed by atoms with Gasteiger partial charge in [-0.05, 0) is 71.1 Å². The van der Waals surface area contributed by atoms with Crippen molar-refractivity contribution in [3.63, 3.8) is 0 Å². The van der Waals surface area contributed by atoms with Gasteiger partial charge in [0.25, 0.3) is 5.91 Å². The van der Waals surface area contributed by atoms with Crippen LogP contribution in [0.3, 0.4) is 0 Å². The molecular formula is C17H27N3O3S. The van der Waals surface area contributed by atoms with Crippen molar-refractivity contribution in [2.75, 3.05) is 36.7 Å². The van der Waals surface area contributed by atoms with Gasteiger partial charge in [0, 0.05) is 18.2 Å². The summed E-state index contributed by atoms with van der Waals surface area (Å²) >= 11 is 0. The Kier molecular flexibility index (Phi) is 6.23. The highest BCUT2D eigenvalue weighted by atomic mass is 32.2. The van der Waals surface area contributed by atoms with Gasteiger partial charge in [-0.1, -0.05) is 0 Å². The van der Waals surface area contributed by atoms with Crippen LogP contribution in [-0.4, -0.2) is 57.7 Å². The third-order valence-corrected chi connectivity index (χ3v) is 6.33. The third kappa shape index (κ3) is 4.48. The van der Waals surface area contributed by atoms with E-state index in [-0.39, 0.29) is 17.7 Å². The number of anilines is 1. The Hall–Kier alpha value is -1.60. The summed E-state index contributed by atoms with van der Waals surface area (Å²) in [5.74, 6) is -0.0448. The monoisotopic (exact) mass is 353 g/mol. The SMILES string of the molecule is CCN(c1ccc(C(=O)NC2CCN(C)CC2)cc1)S(=O)(=O)CC. The van der Waals surface area contributed by atoms with Gasteiger partial charge >= 0.3 is 0 Å². The number of hydrogen-bond acceptors (Lipinski definition) is 4. The molecule has 1 amide bonds. The number of carbonyl (C=O) groups is 1. The van der Waals surface area contributed by atoms with Gasteiger partial charge in [-0.2, -0.15) is 0 Å². The summed E-state index contributed by atoms with van der Waals surface area (Å²) in [6.45, 7) is 5.78. The molecule has 1 fully saturated rings. The van der Waals surface area contributed by atoms with Crippen LogP contribution in [0.2, 0.25) is 0 Å². The summed E-state index contributed by atoms with van der Waals surface area (Å²) in [4.78, 5) is 14.6. The first-order valence-corrected chi connectivity index (χ1v) is 10.1. The molecule has 1 aliphatic rings. The number of piperidine rings is 1. The third-order valence-electron chi connectivity index (χ3n) is 4.46. The number of benzene rings is 1. The van der Waals surface area contributed by atoms with Crippen LogP contribution in [-0.2, 0) is 10.0 Å². The predicted octanol–water partition coefficient (Wildman–Crippen LogP) is 1.69. The molecule has 0 aliphatic carbocycles. The summed E-state index contributed by atoms with van der Waals surface area (Å²) in [5, 5.41) is 3.06. The zero-order valence-electron chi connectivity index (χ0n) is 14.7. The normalized spacial score (nSPS) is 16.8. The van der Waals surface area contributed by atoms with Gasteiger partial charge in [-0.25, -0.2) is 8.42 Å². The standard InChI is InChI=1S/C17H27N3O3S/c1-4-20(24(22,23)5-2)16-8-6-14(7-9-16)17(21)18-15-10-12-19(3)13-11-15/h6-9,15H,4-5,10-13H2,1-3H3,(H,18,21). The molecule has 1 aliphatic heterocycles. The summed E-state index contributed by atoms with van der Waals surface area (Å²) in [6, 6.07) is 6.97. The molecule has 7 heteroatoms. The van der Waals surface area contributed by atoms with E-state index < -0.39 is 10.0 Å². The molecule has 1 heterocycles. The molecule has 1 N–H and O–H groups in total. The van der Waals surface area contributed by atoms with Gasteiger partial charge in [-0.3, -0.25) is 9.10 Å². The second kappa shape index (κ2) is 7.98. The van der Waals surface area contributed by atoms with E-state index in [0.717, 1.165) is 25.9 Å². The fourth-order valence-electron chi connectivity index (χ4n) is 2.90. The quantitative estimate of drug-likeness (QED) is 0.845. The molecule has 0 saturated carbocycles. The maximum atomic E-state index is 12.3. The minimum atomic E-state index is -3.30. The maximum absolute atomic E-state index is 12.3. The Labute approximate surface area is 144 Å². The minimum absolute atomic E-state index is 0.0548. The molecule has 6 nitrogen and oxygen atoms in total. The highest BCUT2D eigenvalue weighted by molar-refractivity contribution is 7.92. The number of rotatable bonds is 6. The fraction of sp³-hybridized carbons (Fsp3) is 0.588. The number of amides is 1. The topological polar surface area (TPSA) is 69.7 Å². The fourth-order valence-corrected chi connectivity index (χ4v) is 4.04. The lowest BCUT2D eigenvalue weighted by atomic mass is 10.0. The van der Waals surface area contributed by atoms with E-state index in [1.807, 2.05) is 0 Å². The molecule has 134 valence electrons. The molecule has 1 aromatic carbocycles. The van der Waals surface area contributed by atoms with Crippen LogP contribution in [0.1, 0.15) is 37.0 Å². The van der Waals surface area contributed by atoms with Gasteiger partial charge in [0.1, 0.15) is 0 Å². The number of likely N-dealkylation sites (tertiary alicyclic amines) is 1. The Bertz CT molecular complexity index is 650. The Balaban J connectivity index is 2.04. The minimum Gasteiger partial charge on any atom is -0.349 e. The molecule has 1 aromatic rings. The Morgan fingerprint density at radius 3 is 2.29 bits per heavy atom. The molecule has 1 saturated heterocycles. The first-order chi connectivity index (χ1) is 11.4. The molecule has 0 unspecified atom stereocenters. The summed E-state index contributed by atoms with van der Waals surface area (Å²) in [5.41, 5.74) is 1.15. The van der Waals surface area contributed by atoms with Crippen LogP contribution >= 0.6 is 0 Å². The van der Waals surface area contributed by atoms with Crippen molar-refractivity contribution in [3.05, 3.63) is 29.8 Å². The summed E-state index contributed by atoms with van der Waals surface area (Å²) < 4.78 is 25.5. The first-order valence-electron chi connectivity index (χ1n) is 8.47. The zero-order valence-corrected chi connectivity index (χ0v) is 15.5. The average Bonchev–Trinajstić information content (AvgIpc) is 2.58. The van der Waals surface area contributed by atoms with Crippen LogP contribution in [0.5, 0.6) is 0 Å². The number of nitrogens with zero attached hydrogens (tertiary/aromatic N) is 2. The van der Waals surface area contributed by atoms with E-state index in [4.69, 9.17) is 0 Å². The summed E-state index contributed by atoms with van der Waals surface area (Å²) in [7, 11) is -1.21. The van der Waals surface area contributed by atoms with E-state index in [2.05, 4.69) is 17.3 Å². The first kappa shape index (κ1) is 18.7. The van der Waals surface area contributed by atoms with Crippen LogP contribution in [0.15, 0.2) is 24.3 Å². The van der Waals surface area contributed by atoms with Crippen molar-refractivity contribution >= 4 is 21.6 Å². The van der Waals surface area contributed by atoms with Gasteiger partial charge in [0.15, 0.2) is 0 Å². The van der Waals surface area contributed by atoms with Crippen LogP contribution < -0.4 is 9.62 Å². The zero-order chi connectivity index (χ0) is 17.7. The van der Waals surface area contributed by atoms with E-state index in [0.29, 0.717) is 17.8 Å².